The van der Waals surface area contributed by atoms with Gasteiger partial charge in [0.25, 0.3) is 0 Å². The first-order valence-corrected chi connectivity index (χ1v) is 9.77. The molecule has 0 atom stereocenters. The minimum atomic E-state index is -0.269. The number of thioether (sulfide) groups is 1. The molecule has 0 aliphatic rings. The number of aromatic nitrogens is 3. The van der Waals surface area contributed by atoms with Crippen molar-refractivity contribution in [1.82, 2.24) is 14.8 Å². The molecule has 3 aromatic rings. The number of carbonyl (C=O) groups excluding carboxylic acids is 1. The molecule has 1 aromatic heterocycles. The topological polar surface area (TPSA) is 79.8 Å². The third kappa shape index (κ3) is 4.86. The van der Waals surface area contributed by atoms with E-state index in [9.17, 15) is 9.59 Å². The first kappa shape index (κ1) is 18.5. The maximum Gasteiger partial charge on any atom is 0.343 e. The Hall–Kier alpha value is -2.32. The second-order valence-corrected chi connectivity index (χ2v) is 7.31. The van der Waals surface area contributed by atoms with E-state index in [1.165, 1.54) is 11.8 Å². The van der Waals surface area contributed by atoms with Crippen LogP contribution in [0.2, 0.25) is 0 Å². The molecule has 0 fully saturated rings. The minimum absolute atomic E-state index is 0.160. The van der Waals surface area contributed by atoms with E-state index in [0.717, 1.165) is 16.5 Å². The van der Waals surface area contributed by atoms with Crippen molar-refractivity contribution in [3.05, 3.63) is 75.1 Å². The molecule has 0 aliphatic carbocycles. The van der Waals surface area contributed by atoms with E-state index in [4.69, 9.17) is 0 Å². The fourth-order valence-corrected chi connectivity index (χ4v) is 3.53. The van der Waals surface area contributed by atoms with Crippen LogP contribution < -0.4 is 11.0 Å². The Morgan fingerprint density at radius 1 is 1.15 bits per heavy atom. The Morgan fingerprint density at radius 2 is 1.88 bits per heavy atom. The summed E-state index contributed by atoms with van der Waals surface area (Å²) in [4.78, 5) is 24.1. The first-order chi connectivity index (χ1) is 12.6. The lowest BCUT2D eigenvalue weighted by Crippen LogP contribution is -2.20. The molecular formula is C18H17BrN4O2S. The summed E-state index contributed by atoms with van der Waals surface area (Å²) < 4.78 is 2.38. The second-order valence-electron chi connectivity index (χ2n) is 5.52. The van der Waals surface area contributed by atoms with Crippen LogP contribution in [0.4, 0.5) is 5.69 Å². The summed E-state index contributed by atoms with van der Waals surface area (Å²) in [6.07, 6.45) is 0.719. The van der Waals surface area contributed by atoms with Crippen LogP contribution in [0.15, 0.2) is 69.0 Å². The Morgan fingerprint density at radius 3 is 2.65 bits per heavy atom. The molecule has 1 heterocycles. The number of hydrogen-bond acceptors (Lipinski definition) is 4. The van der Waals surface area contributed by atoms with Gasteiger partial charge in [0.05, 0.1) is 11.4 Å². The molecule has 1 amide bonds. The van der Waals surface area contributed by atoms with E-state index >= 15 is 0 Å². The predicted molar refractivity (Wildman–Crippen MR) is 106 cm³/mol. The Balaban J connectivity index is 1.59. The molecular weight excluding hydrogens is 416 g/mol. The van der Waals surface area contributed by atoms with Crippen molar-refractivity contribution < 1.29 is 4.79 Å². The fraction of sp³-hybridized carbons (Fsp3) is 0.167. The molecule has 8 heteroatoms. The van der Waals surface area contributed by atoms with E-state index < -0.39 is 0 Å². The summed E-state index contributed by atoms with van der Waals surface area (Å²) in [5, 5.41) is 9.82. The molecule has 0 bridgehead atoms. The summed E-state index contributed by atoms with van der Waals surface area (Å²) in [5.41, 5.74) is 1.58. The molecule has 2 aromatic carbocycles. The van der Waals surface area contributed by atoms with Crippen molar-refractivity contribution >= 4 is 39.3 Å². The summed E-state index contributed by atoms with van der Waals surface area (Å²) in [6, 6.07) is 17.3. The van der Waals surface area contributed by atoms with Crippen LogP contribution >= 0.6 is 27.7 Å². The number of H-pyrrole nitrogens is 1. The highest BCUT2D eigenvalue weighted by molar-refractivity contribution is 9.10. The van der Waals surface area contributed by atoms with Crippen molar-refractivity contribution in [3.8, 4) is 0 Å². The number of rotatable bonds is 7. The Labute approximate surface area is 163 Å². The lowest BCUT2D eigenvalue weighted by Gasteiger charge is -2.08. The molecule has 0 aliphatic heterocycles. The summed E-state index contributed by atoms with van der Waals surface area (Å²) in [7, 11) is 0. The Kier molecular flexibility index (Phi) is 6.30. The number of benzene rings is 2. The van der Waals surface area contributed by atoms with Gasteiger partial charge in [-0.15, -0.1) is 5.10 Å². The number of halogens is 1. The summed E-state index contributed by atoms with van der Waals surface area (Å²) >= 11 is 4.62. The van der Waals surface area contributed by atoms with Crippen molar-refractivity contribution in [1.29, 1.82) is 0 Å². The zero-order valence-electron chi connectivity index (χ0n) is 13.8. The number of nitrogens with zero attached hydrogens (tertiary/aromatic N) is 2. The number of anilines is 1. The van der Waals surface area contributed by atoms with Gasteiger partial charge in [-0.05, 0) is 40.0 Å². The van der Waals surface area contributed by atoms with Crippen LogP contribution in [0.25, 0.3) is 0 Å². The van der Waals surface area contributed by atoms with Gasteiger partial charge in [-0.1, -0.05) is 54.2 Å². The number of para-hydroxylation sites is 1. The van der Waals surface area contributed by atoms with E-state index in [2.05, 4.69) is 31.4 Å². The molecule has 0 saturated carbocycles. The quantitative estimate of drug-likeness (QED) is 0.561. The highest BCUT2D eigenvalue weighted by atomic mass is 79.9. The maximum atomic E-state index is 12.2. The SMILES string of the molecule is O=C(CSc1n[nH]c(=O)n1CCc1ccccc1)Nc1ccccc1Br. The average molecular weight is 433 g/mol. The van der Waals surface area contributed by atoms with Gasteiger partial charge in [-0.25, -0.2) is 9.89 Å². The van der Waals surface area contributed by atoms with Gasteiger partial charge < -0.3 is 5.32 Å². The predicted octanol–water partition coefficient (Wildman–Crippen LogP) is 3.31. The largest absolute Gasteiger partial charge is 0.343 e. The number of aryl methyl sites for hydroxylation is 1. The van der Waals surface area contributed by atoms with Crippen molar-refractivity contribution in [2.24, 2.45) is 0 Å². The first-order valence-electron chi connectivity index (χ1n) is 8.00. The molecule has 0 radical (unpaired) electrons. The number of carbonyl (C=O) groups is 1. The van der Waals surface area contributed by atoms with Crippen LogP contribution in [0.1, 0.15) is 5.56 Å². The third-order valence-electron chi connectivity index (χ3n) is 3.67. The highest BCUT2D eigenvalue weighted by Crippen LogP contribution is 2.22. The van der Waals surface area contributed by atoms with Crippen LogP contribution in [0, 0.1) is 0 Å². The number of nitrogens with one attached hydrogen (secondary N) is 2. The van der Waals surface area contributed by atoms with Gasteiger partial charge in [-0.3, -0.25) is 9.36 Å². The van der Waals surface area contributed by atoms with Crippen LogP contribution in [-0.4, -0.2) is 26.4 Å². The van der Waals surface area contributed by atoms with E-state index in [1.807, 2.05) is 54.6 Å². The normalized spacial score (nSPS) is 10.7. The molecule has 0 saturated heterocycles. The monoisotopic (exact) mass is 432 g/mol. The molecule has 134 valence electrons. The lowest BCUT2D eigenvalue weighted by atomic mass is 10.1. The van der Waals surface area contributed by atoms with Gasteiger partial charge in [0.1, 0.15) is 0 Å². The molecule has 2 N–H and O–H groups in total. The zero-order chi connectivity index (χ0) is 18.4. The van der Waals surface area contributed by atoms with Crippen molar-refractivity contribution in [2.75, 3.05) is 11.1 Å². The Bertz CT molecular complexity index is 940. The van der Waals surface area contributed by atoms with E-state index in [1.54, 1.807) is 4.57 Å². The smallest absolute Gasteiger partial charge is 0.324 e. The van der Waals surface area contributed by atoms with E-state index in [0.29, 0.717) is 17.4 Å². The fourth-order valence-electron chi connectivity index (χ4n) is 2.38. The van der Waals surface area contributed by atoms with Gasteiger partial charge in [-0.2, -0.15) is 0 Å². The maximum absolute atomic E-state index is 12.2. The third-order valence-corrected chi connectivity index (χ3v) is 5.34. The highest BCUT2D eigenvalue weighted by Gasteiger charge is 2.12. The minimum Gasteiger partial charge on any atom is -0.324 e. The molecule has 6 nitrogen and oxygen atoms in total. The van der Waals surface area contributed by atoms with Crippen molar-refractivity contribution in [2.45, 2.75) is 18.1 Å². The van der Waals surface area contributed by atoms with Crippen LogP contribution in [-0.2, 0) is 17.8 Å². The number of hydrogen-bond donors (Lipinski definition) is 2. The number of amides is 1. The standard InChI is InChI=1S/C18H17BrN4O2S/c19-14-8-4-5-9-15(14)20-16(24)12-26-18-22-21-17(25)23(18)11-10-13-6-2-1-3-7-13/h1-9H,10-12H2,(H,20,24)(H,21,25). The van der Waals surface area contributed by atoms with Gasteiger partial charge in [0.15, 0.2) is 5.16 Å². The van der Waals surface area contributed by atoms with E-state index in [-0.39, 0.29) is 17.3 Å². The average Bonchev–Trinajstić information content (AvgIpc) is 3.01. The molecule has 3 rings (SSSR count). The zero-order valence-corrected chi connectivity index (χ0v) is 16.2. The summed E-state index contributed by atoms with van der Waals surface area (Å²) in [5.74, 6) is 0.00343. The van der Waals surface area contributed by atoms with Crippen molar-refractivity contribution in [3.63, 3.8) is 0 Å². The van der Waals surface area contributed by atoms with Gasteiger partial charge >= 0.3 is 5.69 Å². The van der Waals surface area contributed by atoms with Crippen LogP contribution in [0.3, 0.4) is 0 Å². The molecule has 0 unspecified atom stereocenters. The number of aromatic amines is 1. The summed E-state index contributed by atoms with van der Waals surface area (Å²) in [6.45, 7) is 0.507. The van der Waals surface area contributed by atoms with Gasteiger partial charge in [0, 0.05) is 11.0 Å². The van der Waals surface area contributed by atoms with Gasteiger partial charge in [0.2, 0.25) is 5.91 Å². The second kappa shape index (κ2) is 8.86. The molecule has 0 spiro atoms. The molecule has 26 heavy (non-hydrogen) atoms. The lowest BCUT2D eigenvalue weighted by molar-refractivity contribution is -0.113. The van der Waals surface area contributed by atoms with Crippen LogP contribution in [0.5, 0.6) is 0 Å².